The van der Waals surface area contributed by atoms with Crippen LogP contribution < -0.4 is 5.73 Å². The van der Waals surface area contributed by atoms with Crippen LogP contribution in [0.25, 0.3) is 0 Å². The summed E-state index contributed by atoms with van der Waals surface area (Å²) < 4.78 is 5.31. The molecule has 1 aliphatic rings. The van der Waals surface area contributed by atoms with E-state index in [1.165, 1.54) is 5.01 Å². The Morgan fingerprint density at radius 1 is 1.69 bits per heavy atom. The molecule has 0 radical (unpaired) electrons. The topological polar surface area (TPSA) is 48.1 Å². The van der Waals surface area contributed by atoms with Crippen molar-refractivity contribution in [1.82, 2.24) is 4.98 Å². The fourth-order valence-electron chi connectivity index (χ4n) is 1.53. The van der Waals surface area contributed by atoms with Gasteiger partial charge in [-0.1, -0.05) is 6.92 Å². The van der Waals surface area contributed by atoms with Gasteiger partial charge in [0.05, 0.1) is 23.9 Å². The fraction of sp³-hybridized carbons (Fsp3) is 0.667. The van der Waals surface area contributed by atoms with Crippen LogP contribution in [0.3, 0.4) is 0 Å². The van der Waals surface area contributed by atoms with Crippen molar-refractivity contribution in [2.24, 2.45) is 5.73 Å². The molecule has 3 nitrogen and oxygen atoms in total. The van der Waals surface area contributed by atoms with Crippen LogP contribution in [-0.4, -0.2) is 24.2 Å². The van der Waals surface area contributed by atoms with E-state index in [0.717, 1.165) is 18.7 Å². The van der Waals surface area contributed by atoms with E-state index in [1.807, 2.05) is 0 Å². The normalized spacial score (nSPS) is 28.2. The lowest BCUT2D eigenvalue weighted by atomic mass is 10.0. The quantitative estimate of drug-likeness (QED) is 0.775. The molecule has 0 amide bonds. The van der Waals surface area contributed by atoms with Gasteiger partial charge in [0.1, 0.15) is 0 Å². The molecule has 0 bridgehead atoms. The first-order valence-electron chi connectivity index (χ1n) is 4.59. The second kappa shape index (κ2) is 3.74. The monoisotopic (exact) mass is 198 g/mol. The zero-order valence-electron chi connectivity index (χ0n) is 7.69. The summed E-state index contributed by atoms with van der Waals surface area (Å²) in [6, 6.07) is 0.131. The van der Waals surface area contributed by atoms with Crippen molar-refractivity contribution < 1.29 is 4.74 Å². The molecular weight excluding hydrogens is 184 g/mol. The number of aryl methyl sites for hydroxylation is 1. The second-order valence-electron chi connectivity index (χ2n) is 3.33. The number of ether oxygens (including phenoxy) is 1. The Labute approximate surface area is 81.9 Å². The summed E-state index contributed by atoms with van der Waals surface area (Å²) in [5, 5.41) is 3.30. The summed E-state index contributed by atoms with van der Waals surface area (Å²) >= 11 is 1.72. The third-order valence-electron chi connectivity index (χ3n) is 2.38. The van der Waals surface area contributed by atoms with E-state index in [4.69, 9.17) is 10.5 Å². The van der Waals surface area contributed by atoms with E-state index in [-0.39, 0.29) is 6.04 Å². The van der Waals surface area contributed by atoms with E-state index >= 15 is 0 Å². The standard InChI is InChI=1S/C9H14N2OS/c1-2-9-11-8(5-13-9)6-3-12-4-7(6)10/h5-7H,2-4,10H2,1H3. The van der Waals surface area contributed by atoms with E-state index in [2.05, 4.69) is 17.3 Å². The lowest BCUT2D eigenvalue weighted by Crippen LogP contribution is -2.27. The SMILES string of the molecule is CCc1nc(C2COCC2N)cs1. The minimum absolute atomic E-state index is 0.131. The van der Waals surface area contributed by atoms with Crippen molar-refractivity contribution in [2.45, 2.75) is 25.3 Å². The van der Waals surface area contributed by atoms with Crippen LogP contribution in [0.1, 0.15) is 23.5 Å². The maximum atomic E-state index is 5.90. The minimum atomic E-state index is 0.131. The van der Waals surface area contributed by atoms with Gasteiger partial charge in [0.2, 0.25) is 0 Å². The third-order valence-corrected chi connectivity index (χ3v) is 3.39. The van der Waals surface area contributed by atoms with E-state index < -0.39 is 0 Å². The summed E-state index contributed by atoms with van der Waals surface area (Å²) in [5.74, 6) is 0.316. The number of hydrogen-bond donors (Lipinski definition) is 1. The Balaban J connectivity index is 2.15. The van der Waals surface area contributed by atoms with Gasteiger partial charge in [0.25, 0.3) is 0 Å². The van der Waals surface area contributed by atoms with E-state index in [9.17, 15) is 0 Å². The Hall–Kier alpha value is -0.450. The maximum absolute atomic E-state index is 5.90. The van der Waals surface area contributed by atoms with Gasteiger partial charge < -0.3 is 10.5 Å². The van der Waals surface area contributed by atoms with Gasteiger partial charge in [-0.05, 0) is 6.42 Å². The van der Waals surface area contributed by atoms with Crippen molar-refractivity contribution in [3.63, 3.8) is 0 Å². The number of aromatic nitrogens is 1. The van der Waals surface area contributed by atoms with Crippen molar-refractivity contribution in [3.8, 4) is 0 Å². The highest BCUT2D eigenvalue weighted by Crippen LogP contribution is 2.25. The van der Waals surface area contributed by atoms with Crippen molar-refractivity contribution >= 4 is 11.3 Å². The summed E-state index contributed by atoms with van der Waals surface area (Å²) in [4.78, 5) is 4.52. The van der Waals surface area contributed by atoms with Gasteiger partial charge >= 0.3 is 0 Å². The predicted molar refractivity (Wildman–Crippen MR) is 53.0 cm³/mol. The lowest BCUT2D eigenvalue weighted by molar-refractivity contribution is 0.190. The molecule has 2 N–H and O–H groups in total. The molecule has 1 saturated heterocycles. The van der Waals surface area contributed by atoms with Crippen LogP contribution >= 0.6 is 11.3 Å². The first kappa shape index (κ1) is 9.12. The van der Waals surface area contributed by atoms with Crippen LogP contribution in [0.5, 0.6) is 0 Å². The summed E-state index contributed by atoms with van der Waals surface area (Å²) in [6.45, 7) is 3.52. The van der Waals surface area contributed by atoms with Crippen LogP contribution in [0.2, 0.25) is 0 Å². The van der Waals surface area contributed by atoms with Crippen LogP contribution in [-0.2, 0) is 11.2 Å². The molecule has 0 aliphatic carbocycles. The largest absolute Gasteiger partial charge is 0.379 e. The molecule has 0 saturated carbocycles. The first-order chi connectivity index (χ1) is 6.31. The molecule has 2 rings (SSSR count). The first-order valence-corrected chi connectivity index (χ1v) is 5.47. The molecule has 4 heteroatoms. The molecule has 0 aromatic carbocycles. The number of thiazole rings is 1. The minimum Gasteiger partial charge on any atom is -0.379 e. The summed E-state index contributed by atoms with van der Waals surface area (Å²) in [6.07, 6.45) is 1.01. The van der Waals surface area contributed by atoms with Crippen LogP contribution in [0.15, 0.2) is 5.38 Å². The van der Waals surface area contributed by atoms with Gasteiger partial charge in [-0.3, -0.25) is 0 Å². The predicted octanol–water partition coefficient (Wildman–Crippen LogP) is 1.15. The zero-order chi connectivity index (χ0) is 9.26. The molecule has 72 valence electrons. The molecule has 2 unspecified atom stereocenters. The smallest absolute Gasteiger partial charge is 0.0925 e. The molecular formula is C9H14N2OS. The average molecular weight is 198 g/mol. The fourth-order valence-corrected chi connectivity index (χ4v) is 2.34. The van der Waals surface area contributed by atoms with Crippen LogP contribution in [0.4, 0.5) is 0 Å². The highest BCUT2D eigenvalue weighted by Gasteiger charge is 2.28. The molecule has 13 heavy (non-hydrogen) atoms. The van der Waals surface area contributed by atoms with Gasteiger partial charge in [-0.15, -0.1) is 11.3 Å². The molecule has 2 heterocycles. The van der Waals surface area contributed by atoms with E-state index in [0.29, 0.717) is 12.5 Å². The second-order valence-corrected chi connectivity index (χ2v) is 4.27. The van der Waals surface area contributed by atoms with E-state index in [1.54, 1.807) is 11.3 Å². The molecule has 1 aliphatic heterocycles. The van der Waals surface area contributed by atoms with Gasteiger partial charge in [0, 0.05) is 17.3 Å². The van der Waals surface area contributed by atoms with Gasteiger partial charge in [0.15, 0.2) is 0 Å². The van der Waals surface area contributed by atoms with Crippen molar-refractivity contribution in [3.05, 3.63) is 16.1 Å². The highest BCUT2D eigenvalue weighted by molar-refractivity contribution is 7.09. The lowest BCUT2D eigenvalue weighted by Gasteiger charge is -2.08. The molecule has 1 fully saturated rings. The number of nitrogens with two attached hydrogens (primary N) is 1. The highest BCUT2D eigenvalue weighted by atomic mass is 32.1. The van der Waals surface area contributed by atoms with Crippen molar-refractivity contribution in [2.75, 3.05) is 13.2 Å². The average Bonchev–Trinajstić information content (AvgIpc) is 2.71. The Morgan fingerprint density at radius 3 is 3.08 bits per heavy atom. The Bertz CT molecular complexity index is 287. The summed E-state index contributed by atoms with van der Waals surface area (Å²) in [5.41, 5.74) is 7.02. The van der Waals surface area contributed by atoms with Gasteiger partial charge in [-0.25, -0.2) is 4.98 Å². The molecule has 1 aromatic heterocycles. The molecule has 2 atom stereocenters. The number of hydrogen-bond acceptors (Lipinski definition) is 4. The van der Waals surface area contributed by atoms with Crippen molar-refractivity contribution in [1.29, 1.82) is 0 Å². The third kappa shape index (κ3) is 1.75. The zero-order valence-corrected chi connectivity index (χ0v) is 8.51. The maximum Gasteiger partial charge on any atom is 0.0925 e. The Kier molecular flexibility index (Phi) is 2.62. The number of rotatable bonds is 2. The number of nitrogens with zero attached hydrogens (tertiary/aromatic N) is 1. The summed E-state index contributed by atoms with van der Waals surface area (Å²) in [7, 11) is 0. The Morgan fingerprint density at radius 2 is 2.54 bits per heavy atom. The van der Waals surface area contributed by atoms with Gasteiger partial charge in [-0.2, -0.15) is 0 Å². The van der Waals surface area contributed by atoms with Crippen LogP contribution in [0, 0.1) is 0 Å². The molecule has 1 aromatic rings. The molecule has 0 spiro atoms.